The maximum atomic E-state index is 12.5. The Hall–Kier alpha value is -2.64. The van der Waals surface area contributed by atoms with E-state index >= 15 is 0 Å². The van der Waals surface area contributed by atoms with E-state index < -0.39 is 0 Å². The molecule has 7 heteroatoms. The molecule has 2 aromatic carbocycles. The van der Waals surface area contributed by atoms with Crippen molar-refractivity contribution in [1.29, 1.82) is 0 Å². The Kier molecular flexibility index (Phi) is 4.49. The van der Waals surface area contributed by atoms with Gasteiger partial charge in [-0.05, 0) is 86.0 Å². The van der Waals surface area contributed by atoms with Gasteiger partial charge in [-0.25, -0.2) is 0 Å². The van der Waals surface area contributed by atoms with E-state index in [1.54, 1.807) is 48.5 Å². The predicted molar refractivity (Wildman–Crippen MR) is 109 cm³/mol. The lowest BCUT2D eigenvalue weighted by Gasteiger charge is -2.05. The van der Waals surface area contributed by atoms with Crippen LogP contribution in [0.25, 0.3) is 11.6 Å². The molecule has 134 valence electrons. The van der Waals surface area contributed by atoms with Crippen LogP contribution >= 0.6 is 31.9 Å². The molecule has 0 atom stereocenters. The minimum atomic E-state index is -0.257. The molecule has 1 amide bonds. The van der Waals surface area contributed by atoms with Crippen molar-refractivity contribution in [2.45, 2.75) is 0 Å². The zero-order chi connectivity index (χ0) is 19.1. The highest BCUT2D eigenvalue weighted by Crippen LogP contribution is 2.37. The molecule has 0 saturated carbocycles. The van der Waals surface area contributed by atoms with Crippen LogP contribution in [0.1, 0.15) is 27.2 Å². The summed E-state index contributed by atoms with van der Waals surface area (Å²) in [6.07, 6.45) is 3.15. The fourth-order valence-electron chi connectivity index (χ4n) is 2.86. The summed E-state index contributed by atoms with van der Waals surface area (Å²) in [6, 6.07) is 11.7. The molecule has 2 heterocycles. The first-order chi connectivity index (χ1) is 12.9. The third-order valence-electron chi connectivity index (χ3n) is 4.16. The smallest absolute Gasteiger partial charge is 0.256 e. The van der Waals surface area contributed by atoms with Crippen LogP contribution in [0.3, 0.4) is 0 Å². The Labute approximate surface area is 171 Å². The standard InChI is InChI=1S/C20H11Br2NO4/c21-14-7-10(8-15(22)19(14)25)6-13-12-9-11(3-4-16(12)23-20(13)26)18(24)17-2-1-5-27-17/h1-9,25H,(H,23,26)/b13-6-. The molecule has 2 N–H and O–H groups in total. The topological polar surface area (TPSA) is 79.5 Å². The number of aromatic hydroxyl groups is 1. The van der Waals surface area contributed by atoms with Gasteiger partial charge in [-0.3, -0.25) is 9.59 Å². The molecular formula is C20H11Br2NO4. The van der Waals surface area contributed by atoms with Gasteiger partial charge in [0.15, 0.2) is 5.76 Å². The van der Waals surface area contributed by atoms with Gasteiger partial charge in [0.2, 0.25) is 5.78 Å². The number of halogens is 2. The Balaban J connectivity index is 1.78. The molecule has 0 radical (unpaired) electrons. The Morgan fingerprint density at radius 1 is 1.11 bits per heavy atom. The molecule has 3 aromatic rings. The van der Waals surface area contributed by atoms with E-state index in [9.17, 15) is 14.7 Å². The van der Waals surface area contributed by atoms with Crippen LogP contribution in [0.5, 0.6) is 5.75 Å². The Morgan fingerprint density at radius 2 is 1.85 bits per heavy atom. The van der Waals surface area contributed by atoms with Crippen LogP contribution in [-0.4, -0.2) is 16.8 Å². The molecule has 4 rings (SSSR count). The second-order valence-corrected chi connectivity index (χ2v) is 7.62. The highest BCUT2D eigenvalue weighted by molar-refractivity contribution is 9.11. The lowest BCUT2D eigenvalue weighted by atomic mass is 9.99. The molecule has 27 heavy (non-hydrogen) atoms. The van der Waals surface area contributed by atoms with Crippen molar-refractivity contribution in [1.82, 2.24) is 0 Å². The van der Waals surface area contributed by atoms with Crippen LogP contribution < -0.4 is 5.32 Å². The monoisotopic (exact) mass is 487 g/mol. The van der Waals surface area contributed by atoms with Crippen molar-refractivity contribution < 1.29 is 19.1 Å². The molecule has 1 aliphatic heterocycles. The Bertz CT molecular complexity index is 1090. The highest BCUT2D eigenvalue weighted by atomic mass is 79.9. The van der Waals surface area contributed by atoms with Crippen LogP contribution in [-0.2, 0) is 4.79 Å². The summed E-state index contributed by atoms with van der Waals surface area (Å²) in [5, 5.41) is 12.6. The largest absolute Gasteiger partial charge is 0.506 e. The summed E-state index contributed by atoms with van der Waals surface area (Å²) in [5.74, 6) is -0.187. The van der Waals surface area contributed by atoms with E-state index in [-0.39, 0.29) is 23.2 Å². The van der Waals surface area contributed by atoms with Crippen LogP contribution in [0.15, 0.2) is 62.1 Å². The maximum Gasteiger partial charge on any atom is 0.256 e. The summed E-state index contributed by atoms with van der Waals surface area (Å²) in [5.41, 5.74) is 2.85. The minimum Gasteiger partial charge on any atom is -0.506 e. The molecule has 1 aliphatic rings. The fraction of sp³-hybridized carbons (Fsp3) is 0. The van der Waals surface area contributed by atoms with Gasteiger partial charge < -0.3 is 14.8 Å². The maximum absolute atomic E-state index is 12.5. The van der Waals surface area contributed by atoms with E-state index in [1.807, 2.05) is 0 Å². The number of ketones is 1. The third-order valence-corrected chi connectivity index (χ3v) is 5.37. The number of amides is 1. The first kappa shape index (κ1) is 17.8. The lowest BCUT2D eigenvalue weighted by molar-refractivity contribution is -0.110. The van der Waals surface area contributed by atoms with Crippen molar-refractivity contribution >= 4 is 60.9 Å². The second kappa shape index (κ2) is 6.83. The van der Waals surface area contributed by atoms with Crippen molar-refractivity contribution in [3.05, 3.63) is 80.1 Å². The number of hydrogen-bond acceptors (Lipinski definition) is 4. The van der Waals surface area contributed by atoms with Gasteiger partial charge in [-0.1, -0.05) is 0 Å². The van der Waals surface area contributed by atoms with E-state index in [0.29, 0.717) is 36.9 Å². The number of benzene rings is 2. The van der Waals surface area contributed by atoms with Crippen molar-refractivity contribution in [3.63, 3.8) is 0 Å². The predicted octanol–water partition coefficient (Wildman–Crippen LogP) is 5.23. The van der Waals surface area contributed by atoms with Crippen molar-refractivity contribution in [2.75, 3.05) is 5.32 Å². The summed E-state index contributed by atoms with van der Waals surface area (Å²) >= 11 is 6.56. The average molecular weight is 489 g/mol. The molecular weight excluding hydrogens is 478 g/mol. The van der Waals surface area contributed by atoms with Crippen molar-refractivity contribution in [2.24, 2.45) is 0 Å². The summed E-state index contributed by atoms with van der Waals surface area (Å²) in [6.45, 7) is 0. The number of phenolic OH excluding ortho intramolecular Hbond substituents is 1. The van der Waals surface area contributed by atoms with Crippen molar-refractivity contribution in [3.8, 4) is 5.75 Å². The second-order valence-electron chi connectivity index (χ2n) is 5.91. The lowest BCUT2D eigenvalue weighted by Crippen LogP contribution is -2.03. The van der Waals surface area contributed by atoms with E-state index in [4.69, 9.17) is 4.42 Å². The zero-order valence-corrected chi connectivity index (χ0v) is 16.8. The molecule has 0 fully saturated rings. The van der Waals surface area contributed by atoms with Gasteiger partial charge in [-0.2, -0.15) is 0 Å². The minimum absolute atomic E-state index is 0.0831. The number of nitrogens with one attached hydrogen (secondary N) is 1. The fourth-order valence-corrected chi connectivity index (χ4v) is 4.08. The van der Waals surface area contributed by atoms with E-state index in [0.717, 1.165) is 0 Å². The van der Waals surface area contributed by atoms with Gasteiger partial charge in [0, 0.05) is 22.4 Å². The summed E-state index contributed by atoms with van der Waals surface area (Å²) in [7, 11) is 0. The Morgan fingerprint density at radius 3 is 2.52 bits per heavy atom. The molecule has 0 aliphatic carbocycles. The van der Waals surface area contributed by atoms with Gasteiger partial charge in [0.1, 0.15) is 5.75 Å². The van der Waals surface area contributed by atoms with Gasteiger partial charge >= 0.3 is 0 Å². The number of hydrogen-bond donors (Lipinski definition) is 2. The van der Waals surface area contributed by atoms with Gasteiger partial charge in [0.25, 0.3) is 5.91 Å². The normalized spacial score (nSPS) is 14.3. The summed E-state index contributed by atoms with van der Waals surface area (Å²) in [4.78, 5) is 24.9. The van der Waals surface area contributed by atoms with Crippen LogP contribution in [0.4, 0.5) is 5.69 Å². The molecule has 0 unspecified atom stereocenters. The number of rotatable bonds is 3. The molecule has 0 bridgehead atoms. The SMILES string of the molecule is O=C1Nc2ccc(C(=O)c3ccco3)cc2/C1=C/c1cc(Br)c(O)c(Br)c1. The third kappa shape index (κ3) is 3.24. The number of furan rings is 1. The first-order valence-corrected chi connectivity index (χ1v) is 9.46. The molecule has 1 aromatic heterocycles. The molecule has 0 saturated heterocycles. The number of carbonyl (C=O) groups excluding carboxylic acids is 2. The number of phenols is 1. The van der Waals surface area contributed by atoms with E-state index in [1.165, 1.54) is 6.26 Å². The molecule has 5 nitrogen and oxygen atoms in total. The highest BCUT2D eigenvalue weighted by Gasteiger charge is 2.26. The van der Waals surface area contributed by atoms with Crippen LogP contribution in [0.2, 0.25) is 0 Å². The number of fused-ring (bicyclic) bond motifs is 1. The van der Waals surface area contributed by atoms with Crippen LogP contribution in [0, 0.1) is 0 Å². The van der Waals surface area contributed by atoms with Gasteiger partial charge in [-0.15, -0.1) is 0 Å². The quantitative estimate of drug-likeness (QED) is 0.390. The number of anilines is 1. The number of carbonyl (C=O) groups is 2. The van der Waals surface area contributed by atoms with Gasteiger partial charge in [0.05, 0.1) is 15.2 Å². The molecule has 0 spiro atoms. The summed E-state index contributed by atoms with van der Waals surface area (Å²) < 4.78 is 6.18. The zero-order valence-electron chi connectivity index (χ0n) is 13.6. The van der Waals surface area contributed by atoms with E-state index in [2.05, 4.69) is 37.2 Å². The first-order valence-electron chi connectivity index (χ1n) is 7.88. The average Bonchev–Trinajstić information content (AvgIpc) is 3.27.